The second-order valence-corrected chi connectivity index (χ2v) is 7.35. The van der Waals surface area contributed by atoms with Crippen LogP contribution in [0.1, 0.15) is 41.0 Å². The third-order valence-corrected chi connectivity index (χ3v) is 5.23. The molecule has 2 aromatic heterocycles. The summed E-state index contributed by atoms with van der Waals surface area (Å²) >= 11 is 0. The van der Waals surface area contributed by atoms with E-state index in [2.05, 4.69) is 20.6 Å². The zero-order valence-electron chi connectivity index (χ0n) is 15.6. The molecule has 3 aromatic rings. The first-order valence-corrected chi connectivity index (χ1v) is 9.65. The lowest BCUT2D eigenvalue weighted by atomic mass is 10.1. The molecule has 1 saturated carbocycles. The number of amides is 1. The van der Waals surface area contributed by atoms with Crippen molar-refractivity contribution in [3.8, 4) is 5.69 Å². The molecule has 2 aliphatic rings. The maximum Gasteiger partial charge on any atom is 0.273 e. The van der Waals surface area contributed by atoms with E-state index in [1.165, 1.54) is 15.7 Å². The van der Waals surface area contributed by atoms with Crippen LogP contribution in [0.15, 0.2) is 53.5 Å². The molecule has 0 radical (unpaired) electrons. The first-order valence-electron chi connectivity index (χ1n) is 9.65. The number of para-hydroxylation sites is 1. The largest absolute Gasteiger partial charge is 0.377 e. The highest BCUT2D eigenvalue weighted by molar-refractivity contribution is 5.92. The van der Waals surface area contributed by atoms with Crippen molar-refractivity contribution < 1.29 is 9.53 Å². The summed E-state index contributed by atoms with van der Waals surface area (Å²) in [5.74, 6) is 0.0734. The highest BCUT2D eigenvalue weighted by atomic mass is 16.5. The van der Waals surface area contributed by atoms with E-state index < -0.39 is 0 Å². The molecule has 9 heteroatoms. The minimum Gasteiger partial charge on any atom is -0.377 e. The van der Waals surface area contributed by atoms with Gasteiger partial charge in [0.1, 0.15) is 6.04 Å². The summed E-state index contributed by atoms with van der Waals surface area (Å²) in [6.07, 6.45) is 3.62. The fourth-order valence-electron chi connectivity index (χ4n) is 3.49. The number of carbonyl (C=O) groups is 1. The molecule has 2 atom stereocenters. The first kappa shape index (κ1) is 17.7. The quantitative estimate of drug-likeness (QED) is 0.697. The van der Waals surface area contributed by atoms with Crippen molar-refractivity contribution in [3.05, 3.63) is 70.4 Å². The Labute approximate surface area is 166 Å². The van der Waals surface area contributed by atoms with Gasteiger partial charge in [-0.1, -0.05) is 18.2 Å². The number of ether oxygens (including phenoxy) is 1. The summed E-state index contributed by atoms with van der Waals surface area (Å²) in [5.41, 5.74) is 1.69. The average molecular weight is 392 g/mol. The number of nitrogens with one attached hydrogen (secondary N) is 1. The molecule has 1 aliphatic heterocycles. The average Bonchev–Trinajstić information content (AvgIpc) is 3.29. The predicted molar refractivity (Wildman–Crippen MR) is 103 cm³/mol. The Balaban J connectivity index is 1.34. The Morgan fingerprint density at radius 1 is 1.07 bits per heavy atom. The highest BCUT2D eigenvalue weighted by Crippen LogP contribution is 2.38. The van der Waals surface area contributed by atoms with Crippen LogP contribution in [0.25, 0.3) is 5.69 Å². The molecule has 0 spiro atoms. The standard InChI is InChI=1S/C20H20N6O3/c27-19-9-8-15(13-6-7-13)23-25(19)18-12-29-11-17(18)22-20(28)16-10-21-26(24-16)14-4-2-1-3-5-14/h1-5,8-10,13,17-18H,6-7,11-12H2,(H,22,28). The van der Waals surface area contributed by atoms with Gasteiger partial charge >= 0.3 is 0 Å². The fourth-order valence-corrected chi connectivity index (χ4v) is 3.49. The van der Waals surface area contributed by atoms with Gasteiger partial charge in [0.2, 0.25) is 0 Å². The van der Waals surface area contributed by atoms with Gasteiger partial charge in [-0.15, -0.1) is 5.10 Å². The van der Waals surface area contributed by atoms with Crippen molar-refractivity contribution in [2.24, 2.45) is 0 Å². The van der Waals surface area contributed by atoms with Crippen LogP contribution in [-0.4, -0.2) is 49.9 Å². The number of nitrogens with zero attached hydrogens (tertiary/aromatic N) is 5. The molecule has 1 saturated heterocycles. The lowest BCUT2D eigenvalue weighted by Gasteiger charge is -2.20. The molecule has 2 fully saturated rings. The second kappa shape index (κ2) is 7.25. The van der Waals surface area contributed by atoms with Crippen LogP contribution >= 0.6 is 0 Å². The maximum absolute atomic E-state index is 12.7. The van der Waals surface area contributed by atoms with Crippen molar-refractivity contribution in [2.75, 3.05) is 13.2 Å². The van der Waals surface area contributed by atoms with E-state index in [9.17, 15) is 9.59 Å². The molecule has 1 amide bonds. The third-order valence-electron chi connectivity index (χ3n) is 5.23. The fraction of sp³-hybridized carbons (Fsp3) is 0.350. The third kappa shape index (κ3) is 3.56. The lowest BCUT2D eigenvalue weighted by Crippen LogP contribution is -2.44. The molecule has 9 nitrogen and oxygen atoms in total. The monoisotopic (exact) mass is 392 g/mol. The smallest absolute Gasteiger partial charge is 0.273 e. The zero-order valence-corrected chi connectivity index (χ0v) is 15.6. The van der Waals surface area contributed by atoms with Gasteiger partial charge in [-0.3, -0.25) is 9.59 Å². The van der Waals surface area contributed by atoms with Gasteiger partial charge in [0.15, 0.2) is 5.69 Å². The van der Waals surface area contributed by atoms with Crippen molar-refractivity contribution in [1.29, 1.82) is 0 Å². The Morgan fingerprint density at radius 3 is 2.69 bits per heavy atom. The van der Waals surface area contributed by atoms with Crippen molar-refractivity contribution in [2.45, 2.75) is 30.8 Å². The summed E-state index contributed by atoms with van der Waals surface area (Å²) in [6, 6.07) is 12.0. The number of hydrogen-bond acceptors (Lipinski definition) is 6. The SMILES string of the molecule is O=C(NC1COCC1n1nc(C2CC2)ccc1=O)c1cnn(-c2ccccc2)n1. The van der Waals surface area contributed by atoms with E-state index in [0.717, 1.165) is 24.2 Å². The van der Waals surface area contributed by atoms with Gasteiger partial charge in [-0.2, -0.15) is 15.0 Å². The molecule has 5 rings (SSSR count). The van der Waals surface area contributed by atoms with Gasteiger partial charge in [-0.25, -0.2) is 4.68 Å². The topological polar surface area (TPSA) is 104 Å². The normalized spacial score (nSPS) is 21.2. The summed E-state index contributed by atoms with van der Waals surface area (Å²) in [4.78, 5) is 26.5. The van der Waals surface area contributed by atoms with Crippen LogP contribution in [0.2, 0.25) is 0 Å². The number of hydrogen-bond donors (Lipinski definition) is 1. The van der Waals surface area contributed by atoms with Crippen molar-refractivity contribution in [3.63, 3.8) is 0 Å². The molecular formula is C20H20N6O3. The minimum atomic E-state index is -0.371. The molecule has 1 aliphatic carbocycles. The molecule has 1 aromatic carbocycles. The first-order chi connectivity index (χ1) is 14.2. The molecular weight excluding hydrogens is 372 g/mol. The minimum absolute atomic E-state index is 0.195. The molecule has 29 heavy (non-hydrogen) atoms. The van der Waals surface area contributed by atoms with Crippen LogP contribution in [-0.2, 0) is 4.74 Å². The Hall–Kier alpha value is -3.33. The van der Waals surface area contributed by atoms with Crippen molar-refractivity contribution in [1.82, 2.24) is 30.1 Å². The van der Waals surface area contributed by atoms with E-state index in [1.807, 2.05) is 30.3 Å². The van der Waals surface area contributed by atoms with Gasteiger partial charge in [0, 0.05) is 12.0 Å². The molecule has 1 N–H and O–H groups in total. The molecule has 2 unspecified atom stereocenters. The second-order valence-electron chi connectivity index (χ2n) is 7.35. The summed E-state index contributed by atoms with van der Waals surface area (Å²) < 4.78 is 7.00. The predicted octanol–water partition coefficient (Wildman–Crippen LogP) is 1.07. The van der Waals surface area contributed by atoms with Crippen molar-refractivity contribution >= 4 is 5.91 Å². The van der Waals surface area contributed by atoms with Crippen LogP contribution in [0.4, 0.5) is 0 Å². The van der Waals surface area contributed by atoms with Gasteiger partial charge in [0.05, 0.1) is 36.8 Å². The summed E-state index contributed by atoms with van der Waals surface area (Å²) in [7, 11) is 0. The van der Waals surface area contributed by atoms with Crippen LogP contribution in [0.5, 0.6) is 0 Å². The Bertz CT molecular complexity index is 1090. The number of aromatic nitrogens is 5. The highest BCUT2D eigenvalue weighted by Gasteiger charge is 2.34. The molecule has 148 valence electrons. The van der Waals surface area contributed by atoms with Crippen LogP contribution in [0.3, 0.4) is 0 Å². The Kier molecular flexibility index (Phi) is 4.44. The molecule has 3 heterocycles. The number of benzene rings is 1. The Morgan fingerprint density at radius 2 is 1.90 bits per heavy atom. The van der Waals surface area contributed by atoms with E-state index in [1.54, 1.807) is 12.1 Å². The van der Waals surface area contributed by atoms with Gasteiger partial charge in [0.25, 0.3) is 11.5 Å². The number of carbonyl (C=O) groups excluding carboxylic acids is 1. The maximum atomic E-state index is 12.7. The molecule has 0 bridgehead atoms. The van der Waals surface area contributed by atoms with E-state index in [4.69, 9.17) is 4.74 Å². The van der Waals surface area contributed by atoms with E-state index in [0.29, 0.717) is 19.1 Å². The lowest BCUT2D eigenvalue weighted by molar-refractivity contribution is 0.0919. The summed E-state index contributed by atoms with van der Waals surface area (Å²) in [5, 5.41) is 15.9. The summed E-state index contributed by atoms with van der Waals surface area (Å²) in [6.45, 7) is 0.633. The zero-order chi connectivity index (χ0) is 19.8. The van der Waals surface area contributed by atoms with E-state index in [-0.39, 0.29) is 29.2 Å². The van der Waals surface area contributed by atoms with Gasteiger partial charge in [-0.05, 0) is 31.0 Å². The van der Waals surface area contributed by atoms with E-state index >= 15 is 0 Å². The van der Waals surface area contributed by atoms with Gasteiger partial charge < -0.3 is 10.1 Å². The van der Waals surface area contributed by atoms with Crippen LogP contribution in [0, 0.1) is 0 Å². The number of rotatable bonds is 5. The van der Waals surface area contributed by atoms with Crippen LogP contribution < -0.4 is 10.9 Å².